The molecule has 10 amide bonds. The van der Waals surface area contributed by atoms with Crippen LogP contribution in [0.3, 0.4) is 0 Å². The number of para-hydroxylation sites is 1. The number of likely N-dealkylation sites (tertiary alicyclic amines) is 1. The summed E-state index contributed by atoms with van der Waals surface area (Å²) in [5.74, 6) is -9.20. The number of nitrogens with zero attached hydrogens (tertiary/aromatic N) is 2. The maximum absolute atomic E-state index is 14.7. The van der Waals surface area contributed by atoms with Crippen LogP contribution in [0, 0.1) is 17.2 Å². The maximum atomic E-state index is 14.7. The second-order valence-corrected chi connectivity index (χ2v) is 23.0. The number of primary amides is 1. The lowest BCUT2D eigenvalue weighted by atomic mass is 9.98. The Morgan fingerprint density at radius 3 is 1.84 bits per heavy atom. The molecule has 9 atom stereocenters. The first-order valence-electron chi connectivity index (χ1n) is 29.4. The van der Waals surface area contributed by atoms with Crippen LogP contribution in [-0.2, 0) is 72.0 Å². The van der Waals surface area contributed by atoms with Crippen molar-refractivity contribution in [3.63, 3.8) is 0 Å². The number of aliphatic hydroxyl groups is 1. The summed E-state index contributed by atoms with van der Waals surface area (Å²) < 4.78 is 0. The van der Waals surface area contributed by atoms with Gasteiger partial charge in [0, 0.05) is 62.1 Å². The molecule has 0 radical (unpaired) electrons. The predicted octanol–water partition coefficient (Wildman–Crippen LogP) is -1.92. The first-order valence-corrected chi connectivity index (χ1v) is 29.4. The molecular formula is C59H82N16O13. The second-order valence-electron chi connectivity index (χ2n) is 23.0. The van der Waals surface area contributed by atoms with E-state index in [0.29, 0.717) is 34.1 Å². The van der Waals surface area contributed by atoms with Crippen molar-refractivity contribution >= 4 is 81.7 Å². The normalized spacial score (nSPS) is 17.1. The standard InChI is InChI=1S/C59H82N16O13/c1-31(2)21-41(52(82)68-40(11-7-19-64-59(61)62)58(88)75-20-8-12-47(75)48(78)26-49(60)79)69-53(83)42(22-32(3)4)70-54(84)43(23-33-13-15-36(77)16-14-33)71-57(87)46(29-76)74-55(85)44(24-34-27-65-38-10-6-5-9-37(34)38)72-56(86)45(25-35-28-63-30-66-35)73-51(81)39-17-18-50(80)67-39/h5-6,9-10,13-16,27-28,30-32,39-47,65,76-77H,7-8,11-12,17-26,29H2,1-4H3,(H2,60,79)(H,63,66)(H,67,80)(H,68,82)(H,69,83)(H,70,84)(H,71,87)(H,72,86)(H,73,81)(H,74,85)(H4,61,62,64)/t39-,40-,41-,42+,43-,44-,45-,46-,47-/m0/s1. The van der Waals surface area contributed by atoms with Crippen LogP contribution >= 0.6 is 0 Å². The summed E-state index contributed by atoms with van der Waals surface area (Å²) in [5.41, 5.74) is 12.9. The molecule has 2 aromatic heterocycles. The van der Waals surface area contributed by atoms with Crippen LogP contribution in [0.25, 0.3) is 10.9 Å². The number of benzene rings is 2. The van der Waals surface area contributed by atoms with Crippen molar-refractivity contribution in [1.82, 2.24) is 67.7 Å². The molecule has 2 fully saturated rings. The van der Waals surface area contributed by atoms with Crippen LogP contribution in [0.4, 0.5) is 0 Å². The van der Waals surface area contributed by atoms with E-state index >= 15 is 0 Å². The quantitative estimate of drug-likeness (QED) is 0.0107. The molecule has 29 nitrogen and oxygen atoms in total. The molecule has 476 valence electrons. The zero-order valence-corrected chi connectivity index (χ0v) is 49.7. The van der Waals surface area contributed by atoms with Gasteiger partial charge < -0.3 is 84.4 Å². The largest absolute Gasteiger partial charge is 0.508 e. The van der Waals surface area contributed by atoms with Crippen LogP contribution in [0.15, 0.2) is 67.3 Å². The first kappa shape index (κ1) is 67.7. The highest BCUT2D eigenvalue weighted by Crippen LogP contribution is 2.23. The molecule has 2 aliphatic heterocycles. The van der Waals surface area contributed by atoms with E-state index in [1.807, 2.05) is 0 Å². The predicted molar refractivity (Wildman–Crippen MR) is 319 cm³/mol. The van der Waals surface area contributed by atoms with Crippen molar-refractivity contribution in [2.75, 3.05) is 19.7 Å². The Balaban J connectivity index is 1.22. The van der Waals surface area contributed by atoms with Gasteiger partial charge in [0.05, 0.1) is 31.1 Å². The molecule has 2 saturated heterocycles. The van der Waals surface area contributed by atoms with Gasteiger partial charge in [-0.15, -0.1) is 0 Å². The van der Waals surface area contributed by atoms with Gasteiger partial charge in [-0.2, -0.15) is 0 Å². The summed E-state index contributed by atoms with van der Waals surface area (Å²) in [4.78, 5) is 163. The fourth-order valence-electron chi connectivity index (χ4n) is 10.6. The lowest BCUT2D eigenvalue weighted by molar-refractivity contribution is -0.142. The Morgan fingerprint density at radius 2 is 1.27 bits per heavy atom. The highest BCUT2D eigenvalue weighted by atomic mass is 16.3. The minimum Gasteiger partial charge on any atom is -0.508 e. The number of rotatable bonds is 33. The van der Waals surface area contributed by atoms with E-state index in [9.17, 15) is 63.0 Å². The second kappa shape index (κ2) is 32.4. The number of phenolic OH excluding ortho intramolecular Hbond substituents is 1. The number of hydrogen-bond acceptors (Lipinski definition) is 15. The number of aromatic nitrogens is 3. The van der Waals surface area contributed by atoms with Gasteiger partial charge in [0.2, 0.25) is 59.1 Å². The molecule has 2 aliphatic rings. The zero-order valence-electron chi connectivity index (χ0n) is 49.7. The zero-order chi connectivity index (χ0) is 64.2. The molecule has 88 heavy (non-hydrogen) atoms. The third kappa shape index (κ3) is 20.1. The van der Waals surface area contributed by atoms with E-state index in [4.69, 9.17) is 16.9 Å². The number of carbonyl (C=O) groups excluding carboxylic acids is 11. The summed E-state index contributed by atoms with van der Waals surface area (Å²) in [5, 5.41) is 53.1. The summed E-state index contributed by atoms with van der Waals surface area (Å²) in [7, 11) is 0. The number of aliphatic hydroxyl groups excluding tert-OH is 1. The van der Waals surface area contributed by atoms with E-state index in [-0.39, 0.29) is 107 Å². The number of carbonyl (C=O) groups is 11. The number of nitrogens with two attached hydrogens (primary N) is 2. The van der Waals surface area contributed by atoms with Gasteiger partial charge in [-0.1, -0.05) is 58.0 Å². The van der Waals surface area contributed by atoms with Crippen molar-refractivity contribution < 1.29 is 63.0 Å². The highest BCUT2D eigenvalue weighted by molar-refractivity contribution is 6.03. The number of imidazole rings is 1. The Hall–Kier alpha value is -9.41. The van der Waals surface area contributed by atoms with Gasteiger partial charge >= 0.3 is 0 Å². The number of nitrogens with one attached hydrogen (secondary N) is 12. The highest BCUT2D eigenvalue weighted by Gasteiger charge is 2.40. The Labute approximate surface area is 508 Å². The molecule has 0 unspecified atom stereocenters. The number of phenols is 1. The van der Waals surface area contributed by atoms with E-state index in [0.717, 1.165) is 0 Å². The average Bonchev–Trinajstić information content (AvgIpc) is 3.33. The van der Waals surface area contributed by atoms with Gasteiger partial charge in [0.15, 0.2) is 11.7 Å². The molecule has 0 bridgehead atoms. The van der Waals surface area contributed by atoms with Crippen molar-refractivity contribution in [2.24, 2.45) is 23.3 Å². The van der Waals surface area contributed by atoms with E-state index in [2.05, 4.69) is 62.8 Å². The number of guanidine groups is 1. The molecule has 2 aromatic carbocycles. The number of hydrogen-bond donors (Lipinski definition) is 16. The number of H-pyrrole nitrogens is 2. The molecular weight excluding hydrogens is 1140 g/mol. The molecule has 29 heteroatoms. The van der Waals surface area contributed by atoms with Crippen LogP contribution < -0.4 is 59.3 Å². The van der Waals surface area contributed by atoms with Gasteiger partial charge in [-0.05, 0) is 86.1 Å². The van der Waals surface area contributed by atoms with E-state index in [1.54, 1.807) is 58.2 Å². The summed E-state index contributed by atoms with van der Waals surface area (Å²) >= 11 is 0. The number of ketones is 1. The lowest BCUT2D eigenvalue weighted by Gasteiger charge is -2.31. The van der Waals surface area contributed by atoms with Crippen LogP contribution in [0.1, 0.15) is 102 Å². The van der Waals surface area contributed by atoms with E-state index < -0.39 is 126 Å². The third-order valence-corrected chi connectivity index (χ3v) is 15.0. The van der Waals surface area contributed by atoms with Crippen LogP contribution in [0.2, 0.25) is 0 Å². The minimum atomic E-state index is -1.77. The third-order valence-electron chi connectivity index (χ3n) is 15.0. The number of amides is 10. The Bertz CT molecular complexity index is 3130. The Kier molecular flexibility index (Phi) is 24.9. The average molecular weight is 1220 g/mol. The van der Waals surface area contributed by atoms with Crippen LogP contribution in [0.5, 0.6) is 5.75 Å². The number of fused-ring (bicyclic) bond motifs is 1. The SMILES string of the molecule is CC(C)C[C@H](NC(=O)[C@@H](CC(C)C)NC(=O)[C@H](Cc1ccc(O)cc1)NC(=O)[C@H](CO)NC(=O)[C@H](Cc1c[nH]c2ccccc12)NC(=O)[C@H](Cc1c[nH]cn1)NC(=O)[C@@H]1CCC(=O)N1)C(=O)N[C@@H](CCCNC(=N)N)C(=O)N1CCC[C@H]1C(=O)CC(N)=O. The number of aromatic amines is 2. The fourth-order valence-corrected chi connectivity index (χ4v) is 10.6. The molecule has 6 rings (SSSR count). The van der Waals surface area contributed by atoms with Gasteiger partial charge in [0.1, 0.15) is 54.1 Å². The van der Waals surface area contributed by atoms with E-state index in [1.165, 1.54) is 41.7 Å². The molecule has 4 aromatic rings. The van der Waals surface area contributed by atoms with Crippen molar-refractivity contribution in [1.29, 1.82) is 5.41 Å². The molecule has 18 N–H and O–H groups in total. The number of Topliss-reactive ketones (excluding diaryl/α,β-unsaturated/α-hetero) is 1. The fraction of sp³-hybridized carbons (Fsp3) is 0.508. The topological polar surface area (TPSA) is 460 Å². The van der Waals surface area contributed by atoms with Crippen molar-refractivity contribution in [3.8, 4) is 5.75 Å². The van der Waals surface area contributed by atoms with Crippen LogP contribution in [-0.4, -0.2) is 175 Å². The maximum Gasteiger partial charge on any atom is 0.245 e. The van der Waals surface area contributed by atoms with Crippen molar-refractivity contribution in [3.05, 3.63) is 84.1 Å². The van der Waals surface area contributed by atoms with Gasteiger partial charge in [-0.3, -0.25) is 58.1 Å². The van der Waals surface area contributed by atoms with Crippen molar-refractivity contribution in [2.45, 2.75) is 159 Å². The Morgan fingerprint density at radius 1 is 0.705 bits per heavy atom. The van der Waals surface area contributed by atoms with Gasteiger partial charge in [0.25, 0.3) is 0 Å². The summed E-state index contributed by atoms with van der Waals surface area (Å²) in [6.45, 7) is 6.47. The molecule has 0 aliphatic carbocycles. The lowest BCUT2D eigenvalue weighted by Crippen LogP contribution is -2.61. The number of aromatic hydroxyl groups is 1. The minimum absolute atomic E-state index is 0.00957. The summed E-state index contributed by atoms with van der Waals surface area (Å²) in [6.07, 6.45) is 4.71. The first-order chi connectivity index (χ1) is 41.9. The molecule has 0 saturated carbocycles. The smallest absolute Gasteiger partial charge is 0.245 e. The molecule has 0 spiro atoms. The summed E-state index contributed by atoms with van der Waals surface area (Å²) in [6, 6.07) is 0.999. The molecule has 4 heterocycles. The monoisotopic (exact) mass is 1220 g/mol. The van der Waals surface area contributed by atoms with Gasteiger partial charge in [-0.25, -0.2) is 4.98 Å².